The molecular weight excluding hydrogens is 244 g/mol. The maximum atomic E-state index is 6.23. The highest BCUT2D eigenvalue weighted by Crippen LogP contribution is 2.39. The van der Waals surface area contributed by atoms with Crippen LogP contribution in [0, 0.1) is 17.3 Å². The van der Waals surface area contributed by atoms with E-state index in [1.165, 1.54) is 90.3 Å². The molecule has 1 aliphatic heterocycles. The van der Waals surface area contributed by atoms with E-state index >= 15 is 0 Å². The summed E-state index contributed by atoms with van der Waals surface area (Å²) in [4.78, 5) is 2.80. The molecule has 0 aromatic heterocycles. The Kier molecular flexibility index (Phi) is 5.04. The summed E-state index contributed by atoms with van der Waals surface area (Å²) >= 11 is 0. The number of fused-ring (bicyclic) bond motifs is 1. The van der Waals surface area contributed by atoms with Crippen LogP contribution in [-0.4, -0.2) is 31.1 Å². The van der Waals surface area contributed by atoms with Crippen molar-refractivity contribution in [3.8, 4) is 0 Å². The number of hydrogen-bond acceptors (Lipinski definition) is 2. The third kappa shape index (κ3) is 3.39. The topological polar surface area (TPSA) is 29.3 Å². The average Bonchev–Trinajstić information content (AvgIpc) is 2.73. The van der Waals surface area contributed by atoms with E-state index in [0.717, 1.165) is 18.4 Å². The summed E-state index contributed by atoms with van der Waals surface area (Å²) in [6, 6.07) is 0. The fourth-order valence-electron chi connectivity index (χ4n) is 5.20. The minimum absolute atomic E-state index is 0.456. The van der Waals surface area contributed by atoms with E-state index < -0.39 is 0 Å². The minimum atomic E-state index is 0.456. The standard InChI is InChI=1S/C18H34N2/c19-14-18(10-5-1-2-6-11-18)15-20-12-9-16-7-3-4-8-17(16)13-20/h16-17H,1-15,19H2. The van der Waals surface area contributed by atoms with Crippen LogP contribution in [0.4, 0.5) is 0 Å². The van der Waals surface area contributed by atoms with Crippen molar-refractivity contribution < 1.29 is 0 Å². The predicted molar refractivity (Wildman–Crippen MR) is 85.7 cm³/mol. The molecule has 0 bridgehead atoms. The van der Waals surface area contributed by atoms with Gasteiger partial charge in [0.15, 0.2) is 0 Å². The third-order valence-electron chi connectivity index (χ3n) is 6.53. The maximum absolute atomic E-state index is 6.23. The Hall–Kier alpha value is -0.0800. The number of nitrogens with two attached hydrogens (primary N) is 1. The van der Waals surface area contributed by atoms with E-state index in [4.69, 9.17) is 5.73 Å². The normalized spacial score (nSPS) is 35.2. The molecule has 2 N–H and O–H groups in total. The SMILES string of the molecule is NCC1(CN2CCC3CCCCC3C2)CCCCCC1. The largest absolute Gasteiger partial charge is 0.330 e. The van der Waals surface area contributed by atoms with Crippen LogP contribution >= 0.6 is 0 Å². The number of likely N-dealkylation sites (tertiary alicyclic amines) is 1. The molecule has 2 atom stereocenters. The fraction of sp³-hybridized carbons (Fsp3) is 1.00. The maximum Gasteiger partial charge on any atom is 0.00502 e. The van der Waals surface area contributed by atoms with Gasteiger partial charge in [-0.15, -0.1) is 0 Å². The summed E-state index contributed by atoms with van der Waals surface area (Å²) in [5, 5.41) is 0. The quantitative estimate of drug-likeness (QED) is 0.796. The first kappa shape index (κ1) is 14.8. The van der Waals surface area contributed by atoms with Gasteiger partial charge in [0, 0.05) is 13.1 Å². The summed E-state index contributed by atoms with van der Waals surface area (Å²) in [6.45, 7) is 4.94. The highest BCUT2D eigenvalue weighted by atomic mass is 15.1. The van der Waals surface area contributed by atoms with E-state index in [-0.39, 0.29) is 0 Å². The van der Waals surface area contributed by atoms with Gasteiger partial charge >= 0.3 is 0 Å². The van der Waals surface area contributed by atoms with Crippen LogP contribution in [0.1, 0.15) is 70.6 Å². The monoisotopic (exact) mass is 278 g/mol. The second kappa shape index (κ2) is 6.79. The van der Waals surface area contributed by atoms with E-state index in [2.05, 4.69) is 4.90 Å². The zero-order valence-corrected chi connectivity index (χ0v) is 13.3. The summed E-state index contributed by atoms with van der Waals surface area (Å²) < 4.78 is 0. The van der Waals surface area contributed by atoms with E-state index in [9.17, 15) is 0 Å². The summed E-state index contributed by atoms with van der Waals surface area (Å²) in [5.74, 6) is 2.07. The highest BCUT2D eigenvalue weighted by molar-refractivity contribution is 4.90. The van der Waals surface area contributed by atoms with Gasteiger partial charge in [-0.25, -0.2) is 0 Å². The molecule has 3 fully saturated rings. The molecule has 2 aliphatic carbocycles. The number of rotatable bonds is 3. The fourth-order valence-corrected chi connectivity index (χ4v) is 5.20. The number of piperidine rings is 1. The molecule has 0 radical (unpaired) electrons. The Balaban J connectivity index is 1.58. The Morgan fingerprint density at radius 2 is 1.55 bits per heavy atom. The molecular formula is C18H34N2. The van der Waals surface area contributed by atoms with E-state index in [0.29, 0.717) is 5.41 Å². The molecule has 20 heavy (non-hydrogen) atoms. The Labute approximate surface area is 125 Å². The Morgan fingerprint density at radius 1 is 0.850 bits per heavy atom. The number of hydrogen-bond donors (Lipinski definition) is 1. The summed E-state index contributed by atoms with van der Waals surface area (Å²) in [6.07, 6.45) is 15.9. The molecule has 3 rings (SSSR count). The van der Waals surface area contributed by atoms with Gasteiger partial charge in [0.1, 0.15) is 0 Å². The first-order chi connectivity index (χ1) is 9.81. The highest BCUT2D eigenvalue weighted by Gasteiger charge is 2.36. The van der Waals surface area contributed by atoms with Crippen LogP contribution in [0.15, 0.2) is 0 Å². The molecule has 2 unspecified atom stereocenters. The smallest absolute Gasteiger partial charge is 0.00502 e. The van der Waals surface area contributed by atoms with Crippen molar-refractivity contribution in [3.05, 3.63) is 0 Å². The molecule has 2 saturated carbocycles. The lowest BCUT2D eigenvalue weighted by atomic mass is 9.74. The Bertz CT molecular complexity index is 294. The van der Waals surface area contributed by atoms with Crippen LogP contribution in [0.3, 0.4) is 0 Å². The van der Waals surface area contributed by atoms with Gasteiger partial charge in [0.25, 0.3) is 0 Å². The van der Waals surface area contributed by atoms with Gasteiger partial charge in [0.05, 0.1) is 0 Å². The third-order valence-corrected chi connectivity index (χ3v) is 6.53. The van der Waals surface area contributed by atoms with Crippen LogP contribution in [0.2, 0.25) is 0 Å². The van der Waals surface area contributed by atoms with Crippen LogP contribution in [0.5, 0.6) is 0 Å². The van der Waals surface area contributed by atoms with E-state index in [1.54, 1.807) is 0 Å². The van der Waals surface area contributed by atoms with E-state index in [1.807, 2.05) is 0 Å². The lowest BCUT2D eigenvalue weighted by Crippen LogP contribution is -2.48. The van der Waals surface area contributed by atoms with Crippen LogP contribution in [-0.2, 0) is 0 Å². The van der Waals surface area contributed by atoms with Crippen molar-refractivity contribution in [1.29, 1.82) is 0 Å². The zero-order chi connectivity index (χ0) is 13.8. The van der Waals surface area contributed by atoms with Crippen LogP contribution in [0.25, 0.3) is 0 Å². The van der Waals surface area contributed by atoms with Gasteiger partial charge in [-0.2, -0.15) is 0 Å². The molecule has 2 heteroatoms. The zero-order valence-electron chi connectivity index (χ0n) is 13.3. The van der Waals surface area contributed by atoms with Gasteiger partial charge in [-0.1, -0.05) is 44.9 Å². The summed E-state index contributed by atoms with van der Waals surface area (Å²) in [7, 11) is 0. The predicted octanol–water partition coefficient (Wildman–Crippen LogP) is 3.80. The number of nitrogens with zero attached hydrogens (tertiary/aromatic N) is 1. The van der Waals surface area contributed by atoms with Crippen molar-refractivity contribution in [2.45, 2.75) is 70.6 Å². The molecule has 0 aromatic carbocycles. The first-order valence-corrected chi connectivity index (χ1v) is 9.24. The van der Waals surface area contributed by atoms with Gasteiger partial charge in [0.2, 0.25) is 0 Å². The molecule has 3 aliphatic rings. The molecule has 2 nitrogen and oxygen atoms in total. The van der Waals surface area contributed by atoms with Gasteiger partial charge < -0.3 is 10.6 Å². The van der Waals surface area contributed by atoms with Crippen molar-refractivity contribution >= 4 is 0 Å². The molecule has 0 aromatic rings. The second-order valence-corrected chi connectivity index (χ2v) is 7.95. The molecule has 116 valence electrons. The summed E-state index contributed by atoms with van der Waals surface area (Å²) in [5.41, 5.74) is 6.69. The molecule has 0 spiro atoms. The lowest BCUT2D eigenvalue weighted by molar-refractivity contribution is 0.0481. The lowest BCUT2D eigenvalue weighted by Gasteiger charge is -2.45. The van der Waals surface area contributed by atoms with Gasteiger partial charge in [-0.05, 0) is 56.0 Å². The minimum Gasteiger partial charge on any atom is -0.330 e. The Morgan fingerprint density at radius 3 is 2.25 bits per heavy atom. The molecule has 0 amide bonds. The van der Waals surface area contributed by atoms with Crippen molar-refractivity contribution in [2.24, 2.45) is 23.0 Å². The van der Waals surface area contributed by atoms with Crippen LogP contribution < -0.4 is 5.73 Å². The molecule has 1 heterocycles. The van der Waals surface area contributed by atoms with Crippen molar-refractivity contribution in [1.82, 2.24) is 4.90 Å². The average molecular weight is 278 g/mol. The van der Waals surface area contributed by atoms with Gasteiger partial charge in [-0.3, -0.25) is 0 Å². The van der Waals surface area contributed by atoms with Crippen molar-refractivity contribution in [2.75, 3.05) is 26.2 Å². The molecule has 1 saturated heterocycles. The second-order valence-electron chi connectivity index (χ2n) is 7.95. The van der Waals surface area contributed by atoms with Crippen molar-refractivity contribution in [3.63, 3.8) is 0 Å². The first-order valence-electron chi connectivity index (χ1n) is 9.24.